The highest BCUT2D eigenvalue weighted by molar-refractivity contribution is 8.00. The van der Waals surface area contributed by atoms with Gasteiger partial charge in [0.15, 0.2) is 0 Å². The summed E-state index contributed by atoms with van der Waals surface area (Å²) in [6.07, 6.45) is 3.90. The largest absolute Gasteiger partial charge is 0.343 e. The van der Waals surface area contributed by atoms with Crippen LogP contribution in [0.1, 0.15) is 78.4 Å². The number of anilines is 2. The summed E-state index contributed by atoms with van der Waals surface area (Å²) in [4.78, 5) is 84.4. The summed E-state index contributed by atoms with van der Waals surface area (Å²) < 4.78 is 0. The Kier molecular flexibility index (Phi) is 14.3. The summed E-state index contributed by atoms with van der Waals surface area (Å²) in [5.74, 6) is 0.0184. The van der Waals surface area contributed by atoms with E-state index in [1.807, 2.05) is 76.2 Å². The highest BCUT2D eigenvalue weighted by atomic mass is 32.2. The molecule has 14 nitrogen and oxygen atoms in total. The third-order valence-electron chi connectivity index (χ3n) is 12.5. The third kappa shape index (κ3) is 9.98. The molecule has 6 amide bonds. The molecule has 2 unspecified atom stereocenters. The molecule has 2 aromatic rings. The molecule has 2 aromatic carbocycles. The minimum Gasteiger partial charge on any atom is -0.343 e. The topological polar surface area (TPSA) is 181 Å². The number of hydrogen-bond acceptors (Lipinski definition) is 10. The monoisotopic (exact) mass is 862 g/mol. The molecule has 0 aliphatic carbocycles. The number of fused-ring (bicyclic) bond motifs is 2. The van der Waals surface area contributed by atoms with Gasteiger partial charge in [-0.25, -0.2) is 0 Å². The fraction of sp³-hybridized carbons (Fsp3) is 0.591. The molecule has 4 heterocycles. The van der Waals surface area contributed by atoms with Gasteiger partial charge >= 0.3 is 0 Å². The van der Waals surface area contributed by atoms with E-state index in [9.17, 15) is 28.8 Å². The summed E-state index contributed by atoms with van der Waals surface area (Å²) >= 11 is 3.34. The molecule has 6 N–H and O–H groups in total. The van der Waals surface area contributed by atoms with Crippen LogP contribution in [0.2, 0.25) is 0 Å². The van der Waals surface area contributed by atoms with Gasteiger partial charge in [-0.15, -0.1) is 23.5 Å². The van der Waals surface area contributed by atoms with Crippen molar-refractivity contribution in [2.24, 2.45) is 10.8 Å². The summed E-state index contributed by atoms with van der Waals surface area (Å²) in [7, 11) is 3.40. The number of aryl methyl sites for hydroxylation is 2. The minimum atomic E-state index is -0.689. The van der Waals surface area contributed by atoms with Gasteiger partial charge in [-0.2, -0.15) is 0 Å². The Morgan fingerprint density at radius 3 is 1.32 bits per heavy atom. The van der Waals surface area contributed by atoms with E-state index in [1.54, 1.807) is 61.3 Å². The molecule has 4 aliphatic heterocycles. The predicted molar refractivity (Wildman–Crippen MR) is 238 cm³/mol. The van der Waals surface area contributed by atoms with Crippen LogP contribution < -0.4 is 31.9 Å². The molecular weight excluding hydrogens is 801 g/mol. The molecule has 0 spiro atoms. The van der Waals surface area contributed by atoms with Crippen molar-refractivity contribution >= 4 is 70.3 Å². The van der Waals surface area contributed by atoms with Crippen LogP contribution in [-0.2, 0) is 41.6 Å². The minimum absolute atomic E-state index is 0.141. The summed E-state index contributed by atoms with van der Waals surface area (Å²) in [5, 5.41) is 17.5. The molecule has 0 bridgehead atoms. The van der Waals surface area contributed by atoms with E-state index in [1.165, 1.54) is 0 Å². The van der Waals surface area contributed by atoms with Crippen molar-refractivity contribution in [3.63, 3.8) is 0 Å². The van der Waals surface area contributed by atoms with Gasteiger partial charge in [0, 0.05) is 11.4 Å². The molecule has 0 aromatic heterocycles. The van der Waals surface area contributed by atoms with E-state index < -0.39 is 47.1 Å². The van der Waals surface area contributed by atoms with Gasteiger partial charge < -0.3 is 41.7 Å². The van der Waals surface area contributed by atoms with E-state index in [-0.39, 0.29) is 46.2 Å². The van der Waals surface area contributed by atoms with Gasteiger partial charge in [0.2, 0.25) is 35.4 Å². The fourth-order valence-corrected chi connectivity index (χ4v) is 11.9. The number of benzene rings is 2. The molecule has 60 heavy (non-hydrogen) atoms. The Hall–Kier alpha value is -4.12. The number of nitrogens with one attached hydrogen (secondary N) is 6. The second-order valence-corrected chi connectivity index (χ2v) is 20.5. The lowest BCUT2D eigenvalue weighted by Crippen LogP contribution is -2.57. The second kappa shape index (κ2) is 18.9. The van der Waals surface area contributed by atoms with Crippen LogP contribution in [0.4, 0.5) is 11.4 Å². The third-order valence-corrected chi connectivity index (χ3v) is 15.0. The van der Waals surface area contributed by atoms with Gasteiger partial charge in [-0.1, -0.05) is 52.0 Å². The highest BCUT2D eigenvalue weighted by Crippen LogP contribution is 2.48. The number of carbonyl (C=O) groups is 6. The molecule has 0 saturated carbocycles. The number of hydrogen-bond donors (Lipinski definition) is 6. The number of likely N-dealkylation sites (N-methyl/N-ethyl adjacent to an activating group) is 2. The average Bonchev–Trinajstić information content (AvgIpc) is 3.53. The van der Waals surface area contributed by atoms with Gasteiger partial charge in [-0.3, -0.25) is 28.8 Å². The molecule has 16 heteroatoms. The maximum absolute atomic E-state index is 13.9. The lowest BCUT2D eigenvalue weighted by Gasteiger charge is -2.34. The smallest absolute Gasteiger partial charge is 0.247 e. The van der Waals surface area contributed by atoms with Gasteiger partial charge in [0.05, 0.1) is 22.8 Å². The van der Waals surface area contributed by atoms with Crippen molar-refractivity contribution < 1.29 is 28.8 Å². The fourth-order valence-electron chi connectivity index (χ4n) is 8.78. The Balaban J connectivity index is 1.04. The first-order valence-corrected chi connectivity index (χ1v) is 23.2. The van der Waals surface area contributed by atoms with Crippen molar-refractivity contribution in [1.82, 2.24) is 31.1 Å². The SMILES string of the molecule is CN[C@@H](C)C(=O)N[C@H]1CCSC2CC(C)(C)[C@H](C(=O)Nc3ccc(CCc4ccc(NC(=O)[C@H]5N6C(=O)[C@@H](NC(=O)[C@H](C)NC)CCSC6CC5(C)C)cc4)cc3)N2C1=O. The Morgan fingerprint density at radius 1 is 0.633 bits per heavy atom. The normalized spacial score (nSPS) is 26.8. The lowest BCUT2D eigenvalue weighted by atomic mass is 9.84. The lowest BCUT2D eigenvalue weighted by molar-refractivity contribution is -0.142. The zero-order valence-corrected chi connectivity index (χ0v) is 37.7. The first kappa shape index (κ1) is 45.4. The average molecular weight is 863 g/mol. The van der Waals surface area contributed by atoms with Crippen molar-refractivity contribution in [3.8, 4) is 0 Å². The Labute approximate surface area is 362 Å². The van der Waals surface area contributed by atoms with Gasteiger partial charge in [0.25, 0.3) is 0 Å². The maximum Gasteiger partial charge on any atom is 0.247 e. The number of amides is 6. The molecule has 8 atom stereocenters. The molecule has 4 fully saturated rings. The van der Waals surface area contributed by atoms with Crippen LogP contribution in [0.25, 0.3) is 0 Å². The van der Waals surface area contributed by atoms with E-state index in [4.69, 9.17) is 0 Å². The van der Waals surface area contributed by atoms with Crippen LogP contribution in [0.15, 0.2) is 48.5 Å². The van der Waals surface area contributed by atoms with Crippen molar-refractivity contribution in [2.75, 3.05) is 36.2 Å². The molecule has 6 rings (SSSR count). The van der Waals surface area contributed by atoms with E-state index in [2.05, 4.69) is 31.9 Å². The van der Waals surface area contributed by atoms with Crippen LogP contribution in [0.3, 0.4) is 0 Å². The standard InChI is InChI=1S/C44H62N8O6S2/c1-25(45-7)37(53)49-31-19-21-59-33-23-43(3,4)35(51(33)41(31)57)39(55)47-29-15-11-27(12-16-29)9-10-28-13-17-30(18-14-28)48-40(56)36-44(5,6)24-34-52(36)42(58)32(20-22-60-34)50-38(54)26(2)46-8/h11-18,25-26,31-36,45-46H,9-10,19-24H2,1-8H3,(H,47,55)(H,48,56)(H,49,53)(H,50,54)/t25-,26-,31-,32-,33?,34?,35-,36+/m0/s1. The van der Waals surface area contributed by atoms with Crippen LogP contribution >= 0.6 is 23.5 Å². The number of thioether (sulfide) groups is 2. The van der Waals surface area contributed by atoms with Crippen molar-refractivity contribution in [3.05, 3.63) is 59.7 Å². The number of nitrogens with zero attached hydrogens (tertiary/aromatic N) is 2. The van der Waals surface area contributed by atoms with Crippen LogP contribution in [0, 0.1) is 10.8 Å². The summed E-state index contributed by atoms with van der Waals surface area (Å²) in [6, 6.07) is 11.9. The predicted octanol–water partition coefficient (Wildman–Crippen LogP) is 3.71. The van der Waals surface area contributed by atoms with Crippen molar-refractivity contribution in [1.29, 1.82) is 0 Å². The van der Waals surface area contributed by atoms with Gasteiger partial charge in [0.1, 0.15) is 24.2 Å². The first-order chi connectivity index (χ1) is 28.4. The Morgan fingerprint density at radius 2 is 0.983 bits per heavy atom. The first-order valence-electron chi connectivity index (χ1n) is 21.1. The summed E-state index contributed by atoms with van der Waals surface area (Å²) in [6.45, 7) is 11.6. The summed E-state index contributed by atoms with van der Waals surface area (Å²) in [5.41, 5.74) is 2.55. The zero-order valence-electron chi connectivity index (χ0n) is 36.1. The molecule has 4 saturated heterocycles. The maximum atomic E-state index is 13.9. The Bertz CT molecular complexity index is 1790. The van der Waals surface area contributed by atoms with Crippen LogP contribution in [-0.4, -0.2) is 118 Å². The van der Waals surface area contributed by atoms with Gasteiger partial charge in [-0.05, 0) is 124 Å². The highest BCUT2D eigenvalue weighted by Gasteiger charge is 2.56. The molecule has 326 valence electrons. The van der Waals surface area contributed by atoms with Crippen LogP contribution in [0.5, 0.6) is 0 Å². The number of carbonyl (C=O) groups excluding carboxylic acids is 6. The second-order valence-electron chi connectivity index (χ2n) is 17.9. The van der Waals surface area contributed by atoms with E-state index >= 15 is 0 Å². The van der Waals surface area contributed by atoms with E-state index in [0.717, 1.165) is 24.0 Å². The number of rotatable bonds is 13. The van der Waals surface area contributed by atoms with E-state index in [0.29, 0.717) is 48.6 Å². The quantitative estimate of drug-likeness (QED) is 0.174. The van der Waals surface area contributed by atoms with Crippen molar-refractivity contribution in [2.45, 2.75) is 127 Å². The molecular formula is C44H62N8O6S2. The zero-order chi connectivity index (χ0) is 43.5. The molecule has 0 radical (unpaired) electrons. The molecule has 4 aliphatic rings.